The Bertz CT molecular complexity index is 644. The van der Waals surface area contributed by atoms with Crippen LogP contribution in [0.3, 0.4) is 0 Å². The van der Waals surface area contributed by atoms with E-state index in [-0.39, 0.29) is 17.7 Å². The largest absolute Gasteiger partial charge is 0.390 e. The molecule has 2 nitrogen and oxygen atoms in total. The van der Waals surface area contributed by atoms with Crippen molar-refractivity contribution in [2.24, 2.45) is 5.16 Å². The average molecular weight is 310 g/mol. The summed E-state index contributed by atoms with van der Waals surface area (Å²) in [6.45, 7) is -0.0118. The van der Waals surface area contributed by atoms with Crippen molar-refractivity contribution >= 4 is 6.21 Å². The fraction of sp³-hybridized carbons (Fsp3) is 0.188. The third-order valence-corrected chi connectivity index (χ3v) is 2.81. The molecular formula is C16H12F4NO. The highest BCUT2D eigenvalue weighted by Crippen LogP contribution is 2.20. The van der Waals surface area contributed by atoms with Gasteiger partial charge in [0.25, 0.3) is 12.9 Å². The van der Waals surface area contributed by atoms with Crippen molar-refractivity contribution in [2.45, 2.75) is 19.5 Å². The maximum atomic E-state index is 12.5. The average Bonchev–Trinajstić information content (AvgIpc) is 2.52. The van der Waals surface area contributed by atoms with E-state index in [1.165, 1.54) is 36.4 Å². The second-order valence-corrected chi connectivity index (χ2v) is 4.45. The molecule has 0 unspecified atom stereocenters. The van der Waals surface area contributed by atoms with Crippen molar-refractivity contribution in [1.29, 1.82) is 0 Å². The molecule has 6 heteroatoms. The van der Waals surface area contributed by atoms with Gasteiger partial charge in [-0.3, -0.25) is 0 Å². The molecule has 1 radical (unpaired) electrons. The van der Waals surface area contributed by atoms with Crippen LogP contribution in [0.4, 0.5) is 17.6 Å². The summed E-state index contributed by atoms with van der Waals surface area (Å²) in [5.41, 5.74) is 0.646. The Morgan fingerprint density at radius 2 is 1.55 bits per heavy atom. The Morgan fingerprint density at radius 3 is 2.23 bits per heavy atom. The van der Waals surface area contributed by atoms with Gasteiger partial charge in [0.05, 0.1) is 0 Å². The van der Waals surface area contributed by atoms with Gasteiger partial charge in [0.1, 0.15) is 12.8 Å². The molecule has 0 N–H and O–H groups in total. The van der Waals surface area contributed by atoms with Crippen molar-refractivity contribution in [3.63, 3.8) is 0 Å². The molecule has 0 aliphatic rings. The number of nitrogens with zero attached hydrogens (tertiary/aromatic N) is 1. The summed E-state index contributed by atoms with van der Waals surface area (Å²) in [6, 6.07) is 11.3. The molecule has 0 aliphatic carbocycles. The van der Waals surface area contributed by atoms with E-state index in [0.29, 0.717) is 11.1 Å². The van der Waals surface area contributed by atoms with E-state index < -0.39 is 12.9 Å². The molecule has 0 saturated heterocycles. The second kappa shape index (κ2) is 7.59. The van der Waals surface area contributed by atoms with E-state index in [1.54, 1.807) is 12.1 Å². The van der Waals surface area contributed by atoms with Crippen LogP contribution in [0.5, 0.6) is 0 Å². The molecule has 2 aromatic rings. The summed E-state index contributed by atoms with van der Waals surface area (Å²) in [5, 5.41) is 3.53. The lowest BCUT2D eigenvalue weighted by atomic mass is 10.1. The summed E-state index contributed by atoms with van der Waals surface area (Å²) in [4.78, 5) is 4.94. The first-order chi connectivity index (χ1) is 10.6. The van der Waals surface area contributed by atoms with Crippen LogP contribution in [0, 0.1) is 0 Å². The van der Waals surface area contributed by atoms with Gasteiger partial charge in [-0.1, -0.05) is 41.6 Å². The van der Waals surface area contributed by atoms with E-state index >= 15 is 0 Å². The number of hydrogen-bond donors (Lipinski definition) is 0. The first kappa shape index (κ1) is 16.0. The zero-order valence-corrected chi connectivity index (χ0v) is 11.3. The topological polar surface area (TPSA) is 21.6 Å². The van der Waals surface area contributed by atoms with Crippen LogP contribution in [0.15, 0.2) is 53.7 Å². The molecular weight excluding hydrogens is 298 g/mol. The predicted octanol–water partition coefficient (Wildman–Crippen LogP) is 4.99. The van der Waals surface area contributed by atoms with Crippen LogP contribution in [0.2, 0.25) is 0 Å². The normalized spacial score (nSPS) is 11.5. The van der Waals surface area contributed by atoms with Crippen LogP contribution in [-0.2, 0) is 11.4 Å². The highest BCUT2D eigenvalue weighted by atomic mass is 19.3. The maximum absolute atomic E-state index is 12.5. The molecule has 0 atom stereocenters. The zero-order chi connectivity index (χ0) is 15.9. The minimum absolute atomic E-state index is 0.0118. The van der Waals surface area contributed by atoms with Crippen molar-refractivity contribution in [2.75, 3.05) is 0 Å². The monoisotopic (exact) mass is 310 g/mol. The Morgan fingerprint density at radius 1 is 0.909 bits per heavy atom. The van der Waals surface area contributed by atoms with Gasteiger partial charge in [0.2, 0.25) is 0 Å². The van der Waals surface area contributed by atoms with Crippen molar-refractivity contribution < 1.29 is 22.4 Å². The smallest absolute Gasteiger partial charge is 0.263 e. The van der Waals surface area contributed by atoms with Crippen molar-refractivity contribution in [3.8, 4) is 0 Å². The second-order valence-electron chi connectivity index (χ2n) is 4.45. The van der Waals surface area contributed by atoms with Crippen LogP contribution in [0.1, 0.15) is 35.1 Å². The summed E-state index contributed by atoms with van der Waals surface area (Å²) < 4.78 is 50.1. The molecule has 0 spiro atoms. The van der Waals surface area contributed by atoms with E-state index in [1.807, 2.05) is 0 Å². The fourth-order valence-electron chi connectivity index (χ4n) is 1.75. The molecule has 0 bridgehead atoms. The van der Waals surface area contributed by atoms with Crippen LogP contribution < -0.4 is 0 Å². The quantitative estimate of drug-likeness (QED) is 0.418. The summed E-state index contributed by atoms with van der Waals surface area (Å²) in [7, 11) is 0. The van der Waals surface area contributed by atoms with E-state index in [2.05, 4.69) is 11.4 Å². The SMILES string of the molecule is FC(F)c1cccc(/[C]=N\OCc2cccc(C(F)F)c2)c1. The van der Waals surface area contributed by atoms with Crippen molar-refractivity contribution in [1.82, 2.24) is 0 Å². The number of alkyl halides is 4. The van der Waals surface area contributed by atoms with Gasteiger partial charge in [-0.2, -0.15) is 0 Å². The van der Waals surface area contributed by atoms with Gasteiger partial charge in [-0.25, -0.2) is 17.6 Å². The summed E-state index contributed by atoms with van der Waals surface area (Å²) in [6.07, 6.45) is -2.65. The Labute approximate surface area is 125 Å². The molecule has 0 saturated carbocycles. The number of hydrogen-bond acceptors (Lipinski definition) is 2. The highest BCUT2D eigenvalue weighted by molar-refractivity contribution is 5.79. The maximum Gasteiger partial charge on any atom is 0.263 e. The van der Waals surface area contributed by atoms with Crippen molar-refractivity contribution in [3.05, 3.63) is 70.8 Å². The predicted molar refractivity (Wildman–Crippen MR) is 74.1 cm³/mol. The molecule has 115 valence electrons. The number of rotatable bonds is 6. The van der Waals surface area contributed by atoms with Crippen LogP contribution in [-0.4, -0.2) is 6.21 Å². The lowest BCUT2D eigenvalue weighted by Crippen LogP contribution is -1.92. The highest BCUT2D eigenvalue weighted by Gasteiger charge is 2.07. The van der Waals surface area contributed by atoms with Gasteiger partial charge < -0.3 is 4.84 Å². The fourth-order valence-corrected chi connectivity index (χ4v) is 1.75. The van der Waals surface area contributed by atoms with Gasteiger partial charge >= 0.3 is 0 Å². The Hall–Kier alpha value is -2.37. The molecule has 0 fully saturated rings. The summed E-state index contributed by atoms with van der Waals surface area (Å²) >= 11 is 0. The third kappa shape index (κ3) is 4.58. The van der Waals surface area contributed by atoms with E-state index in [9.17, 15) is 17.6 Å². The lowest BCUT2D eigenvalue weighted by molar-refractivity contribution is 0.130. The van der Waals surface area contributed by atoms with E-state index in [4.69, 9.17) is 4.84 Å². The Kier molecular flexibility index (Phi) is 5.52. The zero-order valence-electron chi connectivity index (χ0n) is 11.3. The summed E-state index contributed by atoms with van der Waals surface area (Å²) in [5.74, 6) is 0. The molecule has 2 rings (SSSR count). The lowest BCUT2D eigenvalue weighted by Gasteiger charge is -2.03. The Balaban J connectivity index is 1.93. The first-order valence-corrected chi connectivity index (χ1v) is 6.39. The third-order valence-electron chi connectivity index (χ3n) is 2.81. The van der Waals surface area contributed by atoms with Crippen LogP contribution >= 0.6 is 0 Å². The van der Waals surface area contributed by atoms with Gasteiger partial charge in [0.15, 0.2) is 0 Å². The molecule has 0 aromatic heterocycles. The van der Waals surface area contributed by atoms with Gasteiger partial charge in [0, 0.05) is 16.7 Å². The van der Waals surface area contributed by atoms with E-state index in [0.717, 1.165) is 0 Å². The molecule has 2 aromatic carbocycles. The number of benzene rings is 2. The minimum Gasteiger partial charge on any atom is -0.390 e. The van der Waals surface area contributed by atoms with Gasteiger partial charge in [-0.05, 0) is 17.7 Å². The molecule has 0 heterocycles. The first-order valence-electron chi connectivity index (χ1n) is 6.39. The molecule has 0 amide bonds. The number of halogens is 4. The molecule has 0 aliphatic heterocycles. The molecule has 22 heavy (non-hydrogen) atoms. The minimum atomic E-state index is -2.57. The standard InChI is InChI=1S/C16H12F4NO/c17-15(18)13-5-1-3-11(7-13)9-21-22-10-12-4-2-6-14(8-12)16(19)20/h1-8,15-16H,10H2. The van der Waals surface area contributed by atoms with Gasteiger partial charge in [-0.15, -0.1) is 0 Å². The van der Waals surface area contributed by atoms with Crippen LogP contribution in [0.25, 0.3) is 0 Å².